The second-order valence-electron chi connectivity index (χ2n) is 7.24. The summed E-state index contributed by atoms with van der Waals surface area (Å²) in [6.07, 6.45) is 7.09. The molecule has 1 N–H and O–H groups in total. The van der Waals surface area contributed by atoms with Crippen LogP contribution in [-0.4, -0.2) is 66.6 Å². The predicted octanol–water partition coefficient (Wildman–Crippen LogP) is 1.71. The van der Waals surface area contributed by atoms with E-state index in [-0.39, 0.29) is 5.91 Å². The van der Waals surface area contributed by atoms with Gasteiger partial charge in [-0.1, -0.05) is 0 Å². The Morgan fingerprint density at radius 3 is 2.16 bits per heavy atom. The zero-order valence-electron chi connectivity index (χ0n) is 14.9. The van der Waals surface area contributed by atoms with Crippen LogP contribution in [0.2, 0.25) is 0 Å². The summed E-state index contributed by atoms with van der Waals surface area (Å²) < 4.78 is 0. The molecule has 4 rings (SSSR count). The molecule has 0 aliphatic carbocycles. The number of nitrogens with zero attached hydrogens (tertiary/aromatic N) is 5. The molecule has 1 aromatic rings. The van der Waals surface area contributed by atoms with Gasteiger partial charge in [0.15, 0.2) is 0 Å². The normalized spacial score (nSPS) is 20.6. The summed E-state index contributed by atoms with van der Waals surface area (Å²) in [5.41, 5.74) is 0. The molecular weight excluding hydrogens is 316 g/mol. The van der Waals surface area contributed by atoms with Crippen LogP contribution < -0.4 is 15.1 Å². The first-order valence-corrected chi connectivity index (χ1v) is 9.70. The summed E-state index contributed by atoms with van der Waals surface area (Å²) in [6.45, 7) is 6.26. The summed E-state index contributed by atoms with van der Waals surface area (Å²) >= 11 is 0. The molecule has 0 aromatic carbocycles. The number of hydrogen-bond donors (Lipinski definition) is 1. The number of likely N-dealkylation sites (tertiary alicyclic amines) is 1. The summed E-state index contributed by atoms with van der Waals surface area (Å²) in [4.78, 5) is 28.3. The van der Waals surface area contributed by atoms with Crippen molar-refractivity contribution in [3.8, 4) is 0 Å². The van der Waals surface area contributed by atoms with Gasteiger partial charge in [-0.3, -0.25) is 4.79 Å². The maximum atomic E-state index is 12.3. The first kappa shape index (κ1) is 16.4. The Labute approximate surface area is 149 Å². The molecule has 3 aliphatic heterocycles. The van der Waals surface area contributed by atoms with Crippen LogP contribution in [-0.2, 0) is 4.79 Å². The summed E-state index contributed by atoms with van der Waals surface area (Å²) in [5.74, 6) is 2.73. The van der Waals surface area contributed by atoms with E-state index in [1.807, 2.05) is 11.0 Å². The average molecular weight is 344 g/mol. The van der Waals surface area contributed by atoms with E-state index in [9.17, 15) is 4.79 Å². The van der Waals surface area contributed by atoms with E-state index < -0.39 is 0 Å². The van der Waals surface area contributed by atoms with E-state index in [1.54, 1.807) is 0 Å². The number of nitrogens with one attached hydrogen (secondary N) is 1. The Morgan fingerprint density at radius 1 is 0.880 bits per heavy atom. The summed E-state index contributed by atoms with van der Waals surface area (Å²) in [6, 6.07) is 2.00. The molecule has 1 amide bonds. The number of rotatable bonds is 5. The lowest BCUT2D eigenvalue weighted by molar-refractivity contribution is -0.128. The van der Waals surface area contributed by atoms with E-state index in [0.29, 0.717) is 6.54 Å². The van der Waals surface area contributed by atoms with Crippen molar-refractivity contribution < 1.29 is 4.79 Å². The Kier molecular flexibility index (Phi) is 4.90. The lowest BCUT2D eigenvalue weighted by Gasteiger charge is -2.22. The Balaban J connectivity index is 1.49. The second-order valence-corrected chi connectivity index (χ2v) is 7.24. The minimum Gasteiger partial charge on any atom is -0.361 e. The van der Waals surface area contributed by atoms with Crippen molar-refractivity contribution in [1.82, 2.24) is 14.9 Å². The van der Waals surface area contributed by atoms with Crippen LogP contribution in [0, 0.1) is 0 Å². The van der Waals surface area contributed by atoms with Crippen LogP contribution >= 0.6 is 0 Å². The highest BCUT2D eigenvalue weighted by molar-refractivity contribution is 5.81. The smallest absolute Gasteiger partial charge is 0.241 e. The van der Waals surface area contributed by atoms with Crippen LogP contribution in [0.15, 0.2) is 6.07 Å². The van der Waals surface area contributed by atoms with E-state index >= 15 is 0 Å². The standard InChI is InChI=1S/C18H28N6O/c25-17(23-9-3-4-10-23)14-19-15-13-16(22-7-1-2-8-22)21-18(20-15)24-11-5-6-12-24/h13H,1-12,14H2,(H,19,20,21). The Bertz CT molecular complexity index is 569. The third kappa shape index (κ3) is 3.80. The lowest BCUT2D eigenvalue weighted by atomic mass is 10.4. The predicted molar refractivity (Wildman–Crippen MR) is 99.2 cm³/mol. The first-order chi connectivity index (χ1) is 12.3. The van der Waals surface area contributed by atoms with E-state index in [1.165, 1.54) is 25.7 Å². The summed E-state index contributed by atoms with van der Waals surface area (Å²) in [7, 11) is 0. The number of hydrogen-bond acceptors (Lipinski definition) is 6. The van der Waals surface area contributed by atoms with Gasteiger partial charge in [-0.15, -0.1) is 0 Å². The summed E-state index contributed by atoms with van der Waals surface area (Å²) in [5, 5.41) is 3.25. The highest BCUT2D eigenvalue weighted by Crippen LogP contribution is 2.25. The quantitative estimate of drug-likeness (QED) is 0.877. The van der Waals surface area contributed by atoms with Crippen LogP contribution in [0.1, 0.15) is 38.5 Å². The van der Waals surface area contributed by atoms with E-state index in [0.717, 1.165) is 69.7 Å². The maximum absolute atomic E-state index is 12.3. The molecule has 0 unspecified atom stereocenters. The number of anilines is 3. The van der Waals surface area contributed by atoms with Crippen LogP contribution in [0.4, 0.5) is 17.6 Å². The van der Waals surface area contributed by atoms with Gasteiger partial charge in [0.25, 0.3) is 0 Å². The van der Waals surface area contributed by atoms with Gasteiger partial charge in [0.2, 0.25) is 11.9 Å². The Morgan fingerprint density at radius 2 is 1.48 bits per heavy atom. The van der Waals surface area contributed by atoms with Crippen molar-refractivity contribution in [3.63, 3.8) is 0 Å². The number of amides is 1. The average Bonchev–Trinajstić information content (AvgIpc) is 3.42. The van der Waals surface area contributed by atoms with Crippen molar-refractivity contribution >= 4 is 23.5 Å². The van der Waals surface area contributed by atoms with Crippen LogP contribution in [0.3, 0.4) is 0 Å². The fourth-order valence-corrected chi connectivity index (χ4v) is 3.92. The minimum absolute atomic E-state index is 0.168. The maximum Gasteiger partial charge on any atom is 0.241 e. The van der Waals surface area contributed by atoms with Gasteiger partial charge in [-0.05, 0) is 38.5 Å². The van der Waals surface area contributed by atoms with E-state index in [4.69, 9.17) is 9.97 Å². The molecule has 7 nitrogen and oxygen atoms in total. The number of carbonyl (C=O) groups is 1. The topological polar surface area (TPSA) is 64.6 Å². The van der Waals surface area contributed by atoms with Gasteiger partial charge in [0, 0.05) is 45.3 Å². The molecule has 7 heteroatoms. The zero-order chi connectivity index (χ0) is 17.1. The molecule has 25 heavy (non-hydrogen) atoms. The fourth-order valence-electron chi connectivity index (χ4n) is 3.92. The SMILES string of the molecule is O=C(CNc1cc(N2CCCC2)nc(N2CCCC2)n1)N1CCCC1. The van der Waals surface area contributed by atoms with Gasteiger partial charge in [0.05, 0.1) is 6.54 Å². The number of carbonyl (C=O) groups excluding carboxylic acids is 1. The largest absolute Gasteiger partial charge is 0.361 e. The highest BCUT2D eigenvalue weighted by atomic mass is 16.2. The third-order valence-electron chi connectivity index (χ3n) is 5.40. The van der Waals surface area contributed by atoms with Crippen molar-refractivity contribution in [2.24, 2.45) is 0 Å². The number of aromatic nitrogens is 2. The third-order valence-corrected chi connectivity index (χ3v) is 5.40. The molecule has 3 saturated heterocycles. The molecule has 0 bridgehead atoms. The molecule has 4 heterocycles. The van der Waals surface area contributed by atoms with Crippen LogP contribution in [0.5, 0.6) is 0 Å². The first-order valence-electron chi connectivity index (χ1n) is 9.70. The van der Waals surface area contributed by atoms with Gasteiger partial charge in [-0.2, -0.15) is 9.97 Å². The fraction of sp³-hybridized carbons (Fsp3) is 0.722. The van der Waals surface area contributed by atoms with Crippen molar-refractivity contribution in [1.29, 1.82) is 0 Å². The lowest BCUT2D eigenvalue weighted by Crippen LogP contribution is -2.33. The molecule has 0 spiro atoms. The molecule has 3 fully saturated rings. The van der Waals surface area contributed by atoms with Crippen molar-refractivity contribution in [3.05, 3.63) is 6.07 Å². The van der Waals surface area contributed by atoms with Gasteiger partial charge >= 0.3 is 0 Å². The van der Waals surface area contributed by atoms with Crippen molar-refractivity contribution in [2.45, 2.75) is 38.5 Å². The molecule has 0 radical (unpaired) electrons. The Hall–Kier alpha value is -2.05. The molecule has 1 aromatic heterocycles. The van der Waals surface area contributed by atoms with Gasteiger partial charge in [-0.25, -0.2) is 0 Å². The highest BCUT2D eigenvalue weighted by Gasteiger charge is 2.21. The van der Waals surface area contributed by atoms with Crippen LogP contribution in [0.25, 0.3) is 0 Å². The molecule has 0 saturated carbocycles. The zero-order valence-corrected chi connectivity index (χ0v) is 14.9. The van der Waals surface area contributed by atoms with Crippen molar-refractivity contribution in [2.75, 3.05) is 60.9 Å². The second kappa shape index (κ2) is 7.45. The molecular formula is C18H28N6O. The monoisotopic (exact) mass is 344 g/mol. The van der Waals surface area contributed by atoms with E-state index in [2.05, 4.69) is 15.1 Å². The molecule has 0 atom stereocenters. The van der Waals surface area contributed by atoms with Gasteiger partial charge < -0.3 is 20.0 Å². The minimum atomic E-state index is 0.168. The molecule has 3 aliphatic rings. The van der Waals surface area contributed by atoms with Gasteiger partial charge in [0.1, 0.15) is 11.6 Å². The molecule has 136 valence electrons.